The van der Waals surface area contributed by atoms with Crippen molar-refractivity contribution in [3.05, 3.63) is 71.3 Å². The first-order chi connectivity index (χ1) is 29.7. The van der Waals surface area contributed by atoms with Gasteiger partial charge >= 0.3 is 5.97 Å². The smallest absolute Gasteiger partial charge is 0.305 e. The molecule has 0 aliphatic carbocycles. The maximum absolute atomic E-state index is 14.0. The van der Waals surface area contributed by atoms with E-state index in [1.165, 1.54) is 11.1 Å². The number of Topliss-reactive ketones (excluding diaryl/α,β-unsaturated/α-hetero) is 2. The minimum absolute atomic E-state index is 0.0590. The first-order valence-electron chi connectivity index (χ1n) is 21.7. The number of unbranched alkanes of at least 4 members (excludes halogenated alkanes) is 4. The molecule has 3 rings (SSSR count). The van der Waals surface area contributed by atoms with Crippen molar-refractivity contribution < 1.29 is 38.7 Å². The Morgan fingerprint density at radius 3 is 2.19 bits per heavy atom. The molecule has 62 heavy (non-hydrogen) atoms. The third-order valence-corrected chi connectivity index (χ3v) is 11.1. The number of amides is 4. The Morgan fingerprint density at radius 2 is 1.50 bits per heavy atom. The molecule has 0 bridgehead atoms. The predicted molar refractivity (Wildman–Crippen MR) is 242 cm³/mol. The van der Waals surface area contributed by atoms with Crippen LogP contribution in [-0.2, 0) is 46.4 Å². The minimum Gasteiger partial charge on any atom is -0.481 e. The zero-order valence-corrected chi connectivity index (χ0v) is 36.8. The molecular weight excluding hydrogens is 811 g/mol. The van der Waals surface area contributed by atoms with E-state index in [1.54, 1.807) is 12.1 Å². The summed E-state index contributed by atoms with van der Waals surface area (Å²) < 4.78 is 0. The van der Waals surface area contributed by atoms with Gasteiger partial charge in [-0.3, -0.25) is 38.6 Å². The average molecular weight is 876 g/mol. The average Bonchev–Trinajstić information content (AvgIpc) is 3.21. The van der Waals surface area contributed by atoms with Gasteiger partial charge in [-0.2, -0.15) is 0 Å². The van der Waals surface area contributed by atoms with Crippen molar-refractivity contribution in [1.82, 2.24) is 21.3 Å². The van der Waals surface area contributed by atoms with Crippen LogP contribution in [0.3, 0.4) is 0 Å². The highest BCUT2D eigenvalue weighted by Gasteiger charge is 2.32. The van der Waals surface area contributed by atoms with Crippen LogP contribution in [0, 0.1) is 18.8 Å². The summed E-state index contributed by atoms with van der Waals surface area (Å²) in [6, 6.07) is 15.4. The highest BCUT2D eigenvalue weighted by atomic mass is 32.1. The van der Waals surface area contributed by atoms with Crippen molar-refractivity contribution >= 4 is 64.2 Å². The molecule has 2 aromatic carbocycles. The second-order valence-electron chi connectivity index (χ2n) is 16.3. The first kappa shape index (κ1) is 50.8. The lowest BCUT2D eigenvalue weighted by atomic mass is 9.89. The van der Waals surface area contributed by atoms with E-state index in [0.717, 1.165) is 49.0 Å². The number of carbonyl (C=O) groups is 7. The van der Waals surface area contributed by atoms with Crippen molar-refractivity contribution in [3.8, 4) is 0 Å². The number of nitrogens with zero attached hydrogens (tertiary/aromatic N) is 1. The number of nitrogens with two attached hydrogens (primary N) is 2. The normalized spacial score (nSPS) is 19.1. The highest BCUT2D eigenvalue weighted by molar-refractivity contribution is 7.80. The lowest BCUT2D eigenvalue weighted by Gasteiger charge is -2.25. The molecule has 1 aliphatic heterocycles. The van der Waals surface area contributed by atoms with E-state index in [-0.39, 0.29) is 56.9 Å². The van der Waals surface area contributed by atoms with Gasteiger partial charge in [-0.25, -0.2) is 0 Å². The monoisotopic (exact) mass is 875 g/mol. The maximum atomic E-state index is 14.0. The summed E-state index contributed by atoms with van der Waals surface area (Å²) in [5.41, 5.74) is 14.1. The molecule has 2 aromatic rings. The lowest BCUT2D eigenvalue weighted by molar-refractivity contribution is -0.138. The quantitative estimate of drug-likeness (QED) is 0.0386. The number of aliphatic imine (C=N–C) groups is 1. The number of thiocarbonyl (C=S) groups is 1. The molecule has 0 radical (unpaired) electrons. The fourth-order valence-electron chi connectivity index (χ4n) is 7.40. The highest BCUT2D eigenvalue weighted by Crippen LogP contribution is 2.20. The number of nitrogens with one attached hydrogen (secondary N) is 4. The van der Waals surface area contributed by atoms with E-state index in [0.29, 0.717) is 32.2 Å². The summed E-state index contributed by atoms with van der Waals surface area (Å²) in [5, 5.41) is 20.4. The van der Waals surface area contributed by atoms with Crippen LogP contribution in [-0.4, -0.2) is 88.8 Å². The van der Waals surface area contributed by atoms with Crippen molar-refractivity contribution in [2.75, 3.05) is 19.6 Å². The Hall–Kier alpha value is -5.51. The van der Waals surface area contributed by atoms with Gasteiger partial charge in [0.05, 0.1) is 19.0 Å². The fraction of sp³-hybridized carbons (Fsp3) is 0.543. The molecule has 1 saturated heterocycles. The van der Waals surface area contributed by atoms with Gasteiger partial charge in [0.2, 0.25) is 23.6 Å². The van der Waals surface area contributed by atoms with Crippen molar-refractivity contribution in [2.24, 2.45) is 28.3 Å². The summed E-state index contributed by atoms with van der Waals surface area (Å²) in [6.45, 7) is 2.13. The van der Waals surface area contributed by atoms with Crippen LogP contribution in [0.2, 0.25) is 0 Å². The molecular formula is C46H65N7O8S. The SMILES string of the molecule is Cc1ccc(CC(=S)CCCCCCC(=O)NCCCC[C@@H]2NC(=O)[C@@H](Cc3ccccc3)CC(=O)C[C@H](CC(=O)O)NC(=O)CNC(=O)[C@H](CCCN=C(N)N)CC2=O)cc1. The van der Waals surface area contributed by atoms with Gasteiger partial charge in [0, 0.05) is 63.1 Å². The minimum atomic E-state index is -1.24. The van der Waals surface area contributed by atoms with E-state index in [1.807, 2.05) is 18.2 Å². The van der Waals surface area contributed by atoms with Crippen LogP contribution >= 0.6 is 12.2 Å². The van der Waals surface area contributed by atoms with Crippen LogP contribution in [0.4, 0.5) is 0 Å². The van der Waals surface area contributed by atoms with Gasteiger partial charge in [-0.1, -0.05) is 85.2 Å². The zero-order valence-electron chi connectivity index (χ0n) is 36.0. The molecule has 1 aliphatic rings. The van der Waals surface area contributed by atoms with Gasteiger partial charge in [0.15, 0.2) is 11.7 Å². The van der Waals surface area contributed by atoms with Gasteiger partial charge in [-0.15, -0.1) is 0 Å². The van der Waals surface area contributed by atoms with E-state index in [2.05, 4.69) is 57.4 Å². The fourth-order valence-corrected chi connectivity index (χ4v) is 7.71. The Balaban J connectivity index is 1.64. The van der Waals surface area contributed by atoms with E-state index < -0.39 is 72.1 Å². The third-order valence-electron chi connectivity index (χ3n) is 10.8. The number of ketones is 2. The van der Waals surface area contributed by atoms with Crippen LogP contribution in [0.5, 0.6) is 0 Å². The molecule has 0 saturated carbocycles. The molecule has 0 unspecified atom stereocenters. The molecule has 1 heterocycles. The molecule has 16 heteroatoms. The summed E-state index contributed by atoms with van der Waals surface area (Å²) in [6.07, 6.45) is 6.22. The summed E-state index contributed by atoms with van der Waals surface area (Å²) >= 11 is 5.58. The number of carboxylic acids is 1. The summed E-state index contributed by atoms with van der Waals surface area (Å²) in [4.78, 5) is 97.1. The van der Waals surface area contributed by atoms with Gasteiger partial charge in [0.1, 0.15) is 5.78 Å². The molecule has 4 atom stereocenters. The molecule has 0 spiro atoms. The van der Waals surface area contributed by atoms with Crippen LogP contribution in [0.25, 0.3) is 0 Å². The first-order valence-corrected chi connectivity index (χ1v) is 22.2. The molecule has 15 nitrogen and oxygen atoms in total. The topological polar surface area (TPSA) is 252 Å². The van der Waals surface area contributed by atoms with E-state index in [4.69, 9.17) is 23.7 Å². The standard InChI is InChI=1S/C46H65N7O8S/c1-31-18-20-33(21-19-31)25-38(62)15-7-2-3-8-17-41(56)49-22-10-9-16-39-40(55)27-34(14-11-23-50-46(47)48)44(60)51-30-42(57)52-36(29-43(58)59)28-37(54)26-35(45(61)53-39)24-32-12-5-4-6-13-32/h4-6,12-13,18-21,34-36,39H,2-3,7-11,14-17,22-30H2,1H3,(H,49,56)(H,51,60)(H,52,57)(H,53,61)(H,58,59)(H4,47,48,50)/t34-,35+,36-,39+/m1/s1. The maximum Gasteiger partial charge on any atom is 0.305 e. The lowest BCUT2D eigenvalue weighted by Crippen LogP contribution is -2.48. The number of aliphatic carboxylic acids is 1. The predicted octanol–water partition coefficient (Wildman–Crippen LogP) is 3.95. The van der Waals surface area contributed by atoms with E-state index >= 15 is 0 Å². The number of benzene rings is 2. The second kappa shape index (κ2) is 28.2. The van der Waals surface area contributed by atoms with Crippen LogP contribution < -0.4 is 32.7 Å². The second-order valence-corrected chi connectivity index (χ2v) is 16.8. The van der Waals surface area contributed by atoms with Crippen molar-refractivity contribution in [1.29, 1.82) is 0 Å². The van der Waals surface area contributed by atoms with Gasteiger partial charge < -0.3 is 37.8 Å². The number of hydrogen-bond donors (Lipinski definition) is 7. The Labute approximate surface area is 370 Å². The number of carboxylic acid groups (broad SMARTS) is 1. The van der Waals surface area contributed by atoms with Gasteiger partial charge in [0.25, 0.3) is 0 Å². The van der Waals surface area contributed by atoms with Crippen LogP contribution in [0.15, 0.2) is 59.6 Å². The molecule has 0 aromatic heterocycles. The molecule has 4 amide bonds. The van der Waals surface area contributed by atoms with Crippen LogP contribution in [0.1, 0.15) is 113 Å². The number of carbonyl (C=O) groups excluding carboxylic acids is 6. The Bertz CT molecular complexity index is 1840. The third kappa shape index (κ3) is 21.3. The Morgan fingerprint density at radius 1 is 0.790 bits per heavy atom. The van der Waals surface area contributed by atoms with Crippen molar-refractivity contribution in [3.63, 3.8) is 0 Å². The van der Waals surface area contributed by atoms with Crippen molar-refractivity contribution in [2.45, 2.75) is 128 Å². The number of aryl methyl sites for hydroxylation is 1. The number of hydrogen-bond acceptors (Lipinski definition) is 9. The summed E-state index contributed by atoms with van der Waals surface area (Å²) in [5.74, 6) is -5.91. The molecule has 338 valence electrons. The molecule has 9 N–H and O–H groups in total. The molecule has 1 fully saturated rings. The number of rotatable bonds is 22. The Kier molecular flexibility index (Phi) is 23.1. The van der Waals surface area contributed by atoms with Gasteiger partial charge in [-0.05, 0) is 80.7 Å². The number of guanidine groups is 1. The largest absolute Gasteiger partial charge is 0.481 e. The zero-order chi connectivity index (χ0) is 45.3. The van der Waals surface area contributed by atoms with E-state index in [9.17, 15) is 38.7 Å². The summed E-state index contributed by atoms with van der Waals surface area (Å²) in [7, 11) is 0.